The summed E-state index contributed by atoms with van der Waals surface area (Å²) < 4.78 is 0. The van der Waals surface area contributed by atoms with Crippen LogP contribution in [0.25, 0.3) is 0 Å². The standard InChI is InChI=1S/C19H32N4O/c1-5-7-8-9-15(3)23-19(20-4)22-14-16-10-12-17(13-11-16)18(24)21-6-2/h10-13,15H,5-9,14H2,1-4H3,(H,21,24)(H2,20,22,23). The van der Waals surface area contributed by atoms with E-state index in [-0.39, 0.29) is 5.91 Å². The van der Waals surface area contributed by atoms with Crippen molar-refractivity contribution in [1.82, 2.24) is 16.0 Å². The van der Waals surface area contributed by atoms with Gasteiger partial charge in [0.15, 0.2) is 5.96 Å². The number of carbonyl (C=O) groups excluding carboxylic acids is 1. The van der Waals surface area contributed by atoms with Crippen LogP contribution in [0.1, 0.15) is 62.4 Å². The first-order valence-electron chi connectivity index (χ1n) is 8.95. The molecule has 0 fully saturated rings. The summed E-state index contributed by atoms with van der Waals surface area (Å²) in [6.45, 7) is 7.63. The third-order valence-electron chi connectivity index (χ3n) is 3.86. The van der Waals surface area contributed by atoms with E-state index in [1.807, 2.05) is 31.2 Å². The minimum absolute atomic E-state index is 0.0320. The van der Waals surface area contributed by atoms with Gasteiger partial charge < -0.3 is 16.0 Å². The summed E-state index contributed by atoms with van der Waals surface area (Å²) in [6, 6.07) is 8.05. The van der Waals surface area contributed by atoms with Gasteiger partial charge in [-0.1, -0.05) is 38.3 Å². The Kier molecular flexibility index (Phi) is 9.58. The van der Waals surface area contributed by atoms with Gasteiger partial charge in [0.1, 0.15) is 0 Å². The SMILES string of the molecule is CCCCCC(C)NC(=NC)NCc1ccc(C(=O)NCC)cc1. The number of amides is 1. The third-order valence-corrected chi connectivity index (χ3v) is 3.86. The van der Waals surface area contributed by atoms with Crippen molar-refractivity contribution in [3.8, 4) is 0 Å². The van der Waals surface area contributed by atoms with Gasteiger partial charge in [0, 0.05) is 31.7 Å². The van der Waals surface area contributed by atoms with Crippen molar-refractivity contribution in [2.75, 3.05) is 13.6 Å². The van der Waals surface area contributed by atoms with Gasteiger partial charge in [0.2, 0.25) is 0 Å². The molecular formula is C19H32N4O. The molecule has 1 aromatic rings. The van der Waals surface area contributed by atoms with Gasteiger partial charge in [-0.3, -0.25) is 9.79 Å². The summed E-state index contributed by atoms with van der Waals surface area (Å²) in [6.07, 6.45) is 4.90. The summed E-state index contributed by atoms with van der Waals surface area (Å²) >= 11 is 0. The number of guanidine groups is 1. The van der Waals surface area contributed by atoms with Crippen molar-refractivity contribution in [3.63, 3.8) is 0 Å². The second kappa shape index (κ2) is 11.5. The lowest BCUT2D eigenvalue weighted by Crippen LogP contribution is -2.41. The van der Waals surface area contributed by atoms with Crippen LogP contribution >= 0.6 is 0 Å². The molecule has 1 atom stereocenters. The third kappa shape index (κ3) is 7.49. The molecule has 0 spiro atoms. The molecule has 0 saturated carbocycles. The van der Waals surface area contributed by atoms with Crippen molar-refractivity contribution in [2.45, 2.75) is 59.0 Å². The van der Waals surface area contributed by atoms with Crippen LogP contribution in [-0.2, 0) is 6.54 Å². The summed E-state index contributed by atoms with van der Waals surface area (Å²) in [4.78, 5) is 16.0. The average molecular weight is 332 g/mol. The maximum atomic E-state index is 11.7. The van der Waals surface area contributed by atoms with Crippen LogP contribution in [0.2, 0.25) is 0 Å². The maximum Gasteiger partial charge on any atom is 0.251 e. The predicted molar refractivity (Wildman–Crippen MR) is 101 cm³/mol. The highest BCUT2D eigenvalue weighted by Crippen LogP contribution is 2.05. The topological polar surface area (TPSA) is 65.5 Å². The number of carbonyl (C=O) groups is 1. The molecule has 1 aromatic carbocycles. The molecule has 5 nitrogen and oxygen atoms in total. The first kappa shape index (κ1) is 20.0. The first-order valence-corrected chi connectivity index (χ1v) is 8.95. The van der Waals surface area contributed by atoms with Crippen molar-refractivity contribution < 1.29 is 4.79 Å². The Labute approximate surface area is 146 Å². The minimum atomic E-state index is -0.0320. The molecule has 0 aliphatic carbocycles. The number of rotatable bonds is 9. The monoisotopic (exact) mass is 332 g/mol. The molecule has 5 heteroatoms. The smallest absolute Gasteiger partial charge is 0.251 e. The van der Waals surface area contributed by atoms with Crippen LogP contribution in [0.5, 0.6) is 0 Å². The second-order valence-corrected chi connectivity index (χ2v) is 6.02. The zero-order valence-corrected chi connectivity index (χ0v) is 15.5. The molecule has 134 valence electrons. The van der Waals surface area contributed by atoms with E-state index in [4.69, 9.17) is 0 Å². The molecule has 1 amide bonds. The average Bonchev–Trinajstić information content (AvgIpc) is 2.59. The fourth-order valence-corrected chi connectivity index (χ4v) is 2.42. The summed E-state index contributed by atoms with van der Waals surface area (Å²) in [5, 5.41) is 9.54. The zero-order chi connectivity index (χ0) is 17.8. The Bertz CT molecular complexity index is 511. The van der Waals surface area contributed by atoms with E-state index in [0.717, 1.165) is 17.9 Å². The number of aliphatic imine (C=N–C) groups is 1. The molecule has 0 radical (unpaired) electrons. The first-order chi connectivity index (χ1) is 11.6. The van der Waals surface area contributed by atoms with Gasteiger partial charge >= 0.3 is 0 Å². The summed E-state index contributed by atoms with van der Waals surface area (Å²) in [7, 11) is 1.78. The Morgan fingerprint density at radius 2 is 1.83 bits per heavy atom. The normalized spacial score (nSPS) is 12.6. The molecule has 24 heavy (non-hydrogen) atoms. The largest absolute Gasteiger partial charge is 0.354 e. The molecule has 1 unspecified atom stereocenters. The number of benzene rings is 1. The lowest BCUT2D eigenvalue weighted by atomic mass is 10.1. The van der Waals surface area contributed by atoms with Crippen LogP contribution in [0.4, 0.5) is 0 Å². The van der Waals surface area contributed by atoms with E-state index in [0.29, 0.717) is 24.7 Å². The van der Waals surface area contributed by atoms with Gasteiger partial charge in [-0.15, -0.1) is 0 Å². The van der Waals surface area contributed by atoms with Crippen molar-refractivity contribution in [2.24, 2.45) is 4.99 Å². The molecule has 0 aromatic heterocycles. The lowest BCUT2D eigenvalue weighted by molar-refractivity contribution is 0.0956. The molecule has 0 aliphatic rings. The molecule has 0 bridgehead atoms. The van der Waals surface area contributed by atoms with E-state index in [1.54, 1.807) is 7.05 Å². The van der Waals surface area contributed by atoms with Gasteiger partial charge in [-0.25, -0.2) is 0 Å². The van der Waals surface area contributed by atoms with E-state index >= 15 is 0 Å². The number of unbranched alkanes of at least 4 members (excludes halogenated alkanes) is 2. The Balaban J connectivity index is 2.44. The van der Waals surface area contributed by atoms with Crippen molar-refractivity contribution in [3.05, 3.63) is 35.4 Å². The highest BCUT2D eigenvalue weighted by molar-refractivity contribution is 5.94. The van der Waals surface area contributed by atoms with Gasteiger partial charge in [-0.2, -0.15) is 0 Å². The Hall–Kier alpha value is -2.04. The molecular weight excluding hydrogens is 300 g/mol. The van der Waals surface area contributed by atoms with Crippen LogP contribution in [0, 0.1) is 0 Å². The van der Waals surface area contributed by atoms with Crippen LogP contribution in [0.15, 0.2) is 29.3 Å². The number of nitrogens with one attached hydrogen (secondary N) is 3. The van der Waals surface area contributed by atoms with E-state index < -0.39 is 0 Å². The molecule has 0 aliphatic heterocycles. The minimum Gasteiger partial charge on any atom is -0.354 e. The van der Waals surface area contributed by atoms with E-state index in [9.17, 15) is 4.79 Å². The maximum absolute atomic E-state index is 11.7. The van der Waals surface area contributed by atoms with Gasteiger partial charge in [0.25, 0.3) is 5.91 Å². The quantitative estimate of drug-likeness (QED) is 0.370. The fraction of sp³-hybridized carbons (Fsp3) is 0.579. The summed E-state index contributed by atoms with van der Waals surface area (Å²) in [5.41, 5.74) is 1.80. The Morgan fingerprint density at radius 3 is 2.42 bits per heavy atom. The van der Waals surface area contributed by atoms with Gasteiger partial charge in [0.05, 0.1) is 0 Å². The number of hydrogen-bond donors (Lipinski definition) is 3. The van der Waals surface area contributed by atoms with Crippen molar-refractivity contribution >= 4 is 11.9 Å². The zero-order valence-electron chi connectivity index (χ0n) is 15.5. The Morgan fingerprint density at radius 1 is 1.12 bits per heavy atom. The summed E-state index contributed by atoms with van der Waals surface area (Å²) in [5.74, 6) is 0.780. The molecule has 3 N–H and O–H groups in total. The lowest BCUT2D eigenvalue weighted by Gasteiger charge is -2.18. The van der Waals surface area contributed by atoms with Gasteiger partial charge in [-0.05, 0) is 38.0 Å². The number of hydrogen-bond acceptors (Lipinski definition) is 2. The highest BCUT2D eigenvalue weighted by atomic mass is 16.1. The second-order valence-electron chi connectivity index (χ2n) is 6.02. The molecule has 1 rings (SSSR count). The molecule has 0 saturated heterocycles. The fourth-order valence-electron chi connectivity index (χ4n) is 2.42. The van der Waals surface area contributed by atoms with E-state index in [1.165, 1.54) is 19.3 Å². The van der Waals surface area contributed by atoms with Crippen LogP contribution < -0.4 is 16.0 Å². The van der Waals surface area contributed by atoms with Crippen LogP contribution in [0.3, 0.4) is 0 Å². The van der Waals surface area contributed by atoms with Crippen LogP contribution in [-0.4, -0.2) is 31.5 Å². The highest BCUT2D eigenvalue weighted by Gasteiger charge is 2.06. The predicted octanol–water partition coefficient (Wildman–Crippen LogP) is 3.07. The number of nitrogens with zero attached hydrogens (tertiary/aromatic N) is 1. The van der Waals surface area contributed by atoms with E-state index in [2.05, 4.69) is 34.8 Å². The molecule has 0 heterocycles. The van der Waals surface area contributed by atoms with Crippen molar-refractivity contribution in [1.29, 1.82) is 0 Å².